The number of carbonyl (C=O) groups is 1. The normalized spacial score (nSPS) is 17.0. The highest BCUT2D eigenvalue weighted by atomic mass is 16.5. The Balaban J connectivity index is 1.76. The summed E-state index contributed by atoms with van der Waals surface area (Å²) >= 11 is 0. The molecule has 0 amide bonds. The van der Waals surface area contributed by atoms with Crippen molar-refractivity contribution in [3.05, 3.63) is 82.4 Å². The second kappa shape index (κ2) is 8.79. The Hall–Kier alpha value is -2.91. The lowest BCUT2D eigenvalue weighted by atomic mass is 9.63. The number of esters is 1. The van der Waals surface area contributed by atoms with E-state index in [-0.39, 0.29) is 23.4 Å². The second-order valence-electron chi connectivity index (χ2n) is 10.4. The van der Waals surface area contributed by atoms with Gasteiger partial charge in [-0.1, -0.05) is 64.1 Å². The van der Waals surface area contributed by atoms with Crippen LogP contribution in [-0.2, 0) is 15.6 Å². The average Bonchev–Trinajstić information content (AvgIpc) is 2.80. The molecule has 0 aromatic heterocycles. The van der Waals surface area contributed by atoms with Crippen LogP contribution in [0.2, 0.25) is 0 Å². The monoisotopic (exact) mass is 442 g/mol. The van der Waals surface area contributed by atoms with Crippen LogP contribution in [0.5, 0.6) is 0 Å². The van der Waals surface area contributed by atoms with Gasteiger partial charge >= 0.3 is 5.97 Å². The van der Waals surface area contributed by atoms with Gasteiger partial charge in [-0.25, -0.2) is 4.79 Å². The van der Waals surface area contributed by atoms with E-state index >= 15 is 0 Å². The van der Waals surface area contributed by atoms with Gasteiger partial charge in [0.2, 0.25) is 0 Å². The third-order valence-electron chi connectivity index (χ3n) is 7.09. The summed E-state index contributed by atoms with van der Waals surface area (Å²) in [6, 6.07) is 18.4. The Labute approximate surface area is 197 Å². The SMILES string of the molecule is CCOC(=O)c1cccc(C(=Cc2ccc3cc4c(cc3c2)C(C)(C)CCC4(C)C)CO)c1. The molecular weight excluding hydrogens is 408 g/mol. The number of fused-ring (bicyclic) bond motifs is 2. The van der Waals surface area contributed by atoms with Gasteiger partial charge in [0.25, 0.3) is 0 Å². The molecule has 172 valence electrons. The van der Waals surface area contributed by atoms with Crippen LogP contribution in [-0.4, -0.2) is 24.3 Å². The smallest absolute Gasteiger partial charge is 0.338 e. The van der Waals surface area contributed by atoms with Crippen LogP contribution in [0.4, 0.5) is 0 Å². The van der Waals surface area contributed by atoms with Crippen molar-refractivity contribution in [2.24, 2.45) is 0 Å². The number of rotatable bonds is 5. The summed E-state index contributed by atoms with van der Waals surface area (Å²) in [6.45, 7) is 11.4. The first-order valence-electron chi connectivity index (χ1n) is 11.8. The van der Waals surface area contributed by atoms with Crippen molar-refractivity contribution < 1.29 is 14.6 Å². The highest BCUT2D eigenvalue weighted by Crippen LogP contribution is 2.47. The van der Waals surface area contributed by atoms with E-state index in [1.165, 1.54) is 34.7 Å². The molecule has 0 heterocycles. The highest BCUT2D eigenvalue weighted by Gasteiger charge is 2.37. The molecule has 0 radical (unpaired) electrons. The predicted octanol–water partition coefficient (Wildman–Crippen LogP) is 6.90. The summed E-state index contributed by atoms with van der Waals surface area (Å²) in [4.78, 5) is 12.1. The molecule has 3 nitrogen and oxygen atoms in total. The van der Waals surface area contributed by atoms with Crippen molar-refractivity contribution >= 4 is 28.4 Å². The summed E-state index contributed by atoms with van der Waals surface area (Å²) in [5, 5.41) is 12.5. The molecule has 0 fully saturated rings. The van der Waals surface area contributed by atoms with Gasteiger partial charge in [-0.05, 0) is 93.5 Å². The van der Waals surface area contributed by atoms with Gasteiger partial charge in [0.05, 0.1) is 18.8 Å². The van der Waals surface area contributed by atoms with E-state index in [0.29, 0.717) is 12.2 Å². The minimum Gasteiger partial charge on any atom is -0.462 e. The van der Waals surface area contributed by atoms with E-state index in [1.54, 1.807) is 19.1 Å². The Morgan fingerprint density at radius 3 is 2.18 bits per heavy atom. The maximum atomic E-state index is 12.1. The largest absolute Gasteiger partial charge is 0.462 e. The summed E-state index contributed by atoms with van der Waals surface area (Å²) < 4.78 is 5.12. The van der Waals surface area contributed by atoms with E-state index in [4.69, 9.17) is 4.74 Å². The fourth-order valence-corrected chi connectivity index (χ4v) is 4.90. The van der Waals surface area contributed by atoms with Crippen molar-refractivity contribution in [3.63, 3.8) is 0 Å². The first kappa shape index (κ1) is 23.3. The number of ether oxygens (including phenoxy) is 1. The summed E-state index contributed by atoms with van der Waals surface area (Å²) in [5.74, 6) is -0.349. The number of hydrogen-bond donors (Lipinski definition) is 1. The van der Waals surface area contributed by atoms with Crippen LogP contribution in [0.1, 0.15) is 80.1 Å². The van der Waals surface area contributed by atoms with Gasteiger partial charge in [0.1, 0.15) is 0 Å². The average molecular weight is 443 g/mol. The quantitative estimate of drug-likeness (QED) is 0.345. The van der Waals surface area contributed by atoms with Crippen molar-refractivity contribution in [2.45, 2.75) is 58.3 Å². The maximum absolute atomic E-state index is 12.1. The molecule has 3 aromatic carbocycles. The molecule has 0 saturated heterocycles. The molecule has 3 heteroatoms. The maximum Gasteiger partial charge on any atom is 0.338 e. The molecule has 0 atom stereocenters. The number of aliphatic hydroxyl groups is 1. The number of benzene rings is 3. The zero-order valence-corrected chi connectivity index (χ0v) is 20.4. The molecular formula is C30H34O3. The first-order valence-corrected chi connectivity index (χ1v) is 11.8. The highest BCUT2D eigenvalue weighted by molar-refractivity contribution is 5.93. The minimum atomic E-state index is -0.349. The van der Waals surface area contributed by atoms with Crippen LogP contribution in [0.3, 0.4) is 0 Å². The van der Waals surface area contributed by atoms with E-state index in [0.717, 1.165) is 16.7 Å². The number of hydrogen-bond acceptors (Lipinski definition) is 3. The Morgan fingerprint density at radius 1 is 0.909 bits per heavy atom. The Kier molecular flexibility index (Phi) is 6.20. The Morgan fingerprint density at radius 2 is 1.55 bits per heavy atom. The second-order valence-corrected chi connectivity index (χ2v) is 10.4. The molecule has 1 aliphatic carbocycles. The molecule has 33 heavy (non-hydrogen) atoms. The molecule has 1 N–H and O–H groups in total. The van der Waals surface area contributed by atoms with Gasteiger partial charge in [0.15, 0.2) is 0 Å². The fourth-order valence-electron chi connectivity index (χ4n) is 4.90. The fraction of sp³-hybridized carbons (Fsp3) is 0.367. The van der Waals surface area contributed by atoms with Gasteiger partial charge in [-0.15, -0.1) is 0 Å². The lowest BCUT2D eigenvalue weighted by Gasteiger charge is -2.42. The van der Waals surface area contributed by atoms with Crippen LogP contribution in [0, 0.1) is 0 Å². The topological polar surface area (TPSA) is 46.5 Å². The van der Waals surface area contributed by atoms with E-state index < -0.39 is 0 Å². The Bertz CT molecular complexity index is 1230. The summed E-state index contributed by atoms with van der Waals surface area (Å²) in [5.41, 5.74) is 6.35. The third-order valence-corrected chi connectivity index (χ3v) is 7.09. The minimum absolute atomic E-state index is 0.115. The lowest BCUT2D eigenvalue weighted by molar-refractivity contribution is 0.0526. The molecule has 0 spiro atoms. The van der Waals surface area contributed by atoms with Crippen molar-refractivity contribution in [1.29, 1.82) is 0 Å². The molecule has 0 unspecified atom stereocenters. The summed E-state index contributed by atoms with van der Waals surface area (Å²) in [7, 11) is 0. The van der Waals surface area contributed by atoms with E-state index in [9.17, 15) is 9.90 Å². The predicted molar refractivity (Wildman–Crippen MR) is 137 cm³/mol. The van der Waals surface area contributed by atoms with Crippen LogP contribution in [0.25, 0.3) is 22.4 Å². The molecule has 0 aliphatic heterocycles. The first-order chi connectivity index (χ1) is 15.6. The van der Waals surface area contributed by atoms with Gasteiger partial charge in [-0.2, -0.15) is 0 Å². The van der Waals surface area contributed by atoms with E-state index in [1.807, 2.05) is 18.2 Å². The third kappa shape index (κ3) is 4.60. The standard InChI is InChI=1S/C30H34O3/c1-6-33-28(32)23-9-7-8-21(16-23)25(19-31)15-20-10-11-22-17-26-27(18-24(22)14-20)30(4,5)13-12-29(26,2)3/h7-11,14-18,31H,6,12-13,19H2,1-5H3. The van der Waals surface area contributed by atoms with Crippen LogP contribution in [0.15, 0.2) is 54.6 Å². The van der Waals surface area contributed by atoms with E-state index in [2.05, 4.69) is 58.0 Å². The molecule has 4 rings (SSSR count). The van der Waals surface area contributed by atoms with Crippen molar-refractivity contribution in [1.82, 2.24) is 0 Å². The zero-order chi connectivity index (χ0) is 23.8. The molecule has 0 saturated carbocycles. The number of carbonyl (C=O) groups excluding carboxylic acids is 1. The number of aliphatic hydroxyl groups excluding tert-OH is 1. The van der Waals surface area contributed by atoms with Gasteiger partial charge in [0, 0.05) is 0 Å². The molecule has 0 bridgehead atoms. The zero-order valence-electron chi connectivity index (χ0n) is 20.4. The molecule has 3 aromatic rings. The van der Waals surface area contributed by atoms with Crippen molar-refractivity contribution in [2.75, 3.05) is 13.2 Å². The van der Waals surface area contributed by atoms with Gasteiger partial charge < -0.3 is 9.84 Å². The van der Waals surface area contributed by atoms with Crippen LogP contribution < -0.4 is 0 Å². The van der Waals surface area contributed by atoms with Crippen LogP contribution >= 0.6 is 0 Å². The van der Waals surface area contributed by atoms with Gasteiger partial charge in [-0.3, -0.25) is 0 Å². The molecule has 1 aliphatic rings. The summed E-state index contributed by atoms with van der Waals surface area (Å²) in [6.07, 6.45) is 4.38. The lowest BCUT2D eigenvalue weighted by Crippen LogP contribution is -2.33. The van der Waals surface area contributed by atoms with Crippen molar-refractivity contribution in [3.8, 4) is 0 Å².